The fraction of sp³-hybridized carbons (Fsp3) is 0.650. The van der Waals surface area contributed by atoms with Gasteiger partial charge >= 0.3 is 6.09 Å². The number of carbonyl (C=O) groups excluding carboxylic acids is 1. The number of ether oxygens (including phenoxy) is 1. The van der Waals surface area contributed by atoms with Gasteiger partial charge in [-0.3, -0.25) is 4.90 Å². The fourth-order valence-electron chi connectivity index (χ4n) is 3.09. The van der Waals surface area contributed by atoms with Crippen LogP contribution in [0.4, 0.5) is 10.5 Å². The lowest BCUT2D eigenvalue weighted by atomic mass is 10.0. The maximum Gasteiger partial charge on any atom is 0.414 e. The summed E-state index contributed by atoms with van der Waals surface area (Å²) < 4.78 is 5.62. The van der Waals surface area contributed by atoms with E-state index in [4.69, 9.17) is 4.74 Å². The van der Waals surface area contributed by atoms with Gasteiger partial charge in [-0.15, -0.1) is 0 Å². The van der Waals surface area contributed by atoms with E-state index >= 15 is 0 Å². The first kappa shape index (κ1) is 17.8. The van der Waals surface area contributed by atoms with Crippen LogP contribution in [0.15, 0.2) is 24.3 Å². The minimum atomic E-state index is -0.182. The first-order chi connectivity index (χ1) is 11.2. The molecule has 0 radical (unpaired) electrons. The van der Waals surface area contributed by atoms with Crippen molar-refractivity contribution in [2.75, 3.05) is 11.4 Å². The van der Waals surface area contributed by atoms with Crippen molar-refractivity contribution in [2.45, 2.75) is 77.7 Å². The lowest BCUT2D eigenvalue weighted by Gasteiger charge is -2.32. The van der Waals surface area contributed by atoms with E-state index in [0.717, 1.165) is 37.9 Å². The van der Waals surface area contributed by atoms with Crippen molar-refractivity contribution in [3.05, 3.63) is 29.8 Å². The van der Waals surface area contributed by atoms with Crippen LogP contribution in [0.25, 0.3) is 0 Å². The molecular formula is C20H31NO2. The third-order valence-electron chi connectivity index (χ3n) is 4.61. The minimum Gasteiger partial charge on any atom is -0.446 e. The zero-order chi connectivity index (χ0) is 16.5. The highest BCUT2D eigenvalue weighted by Crippen LogP contribution is 2.24. The van der Waals surface area contributed by atoms with Crippen LogP contribution in [-0.2, 0) is 11.2 Å². The Balaban J connectivity index is 1.82. The summed E-state index contributed by atoms with van der Waals surface area (Å²) in [5.74, 6) is 0. The first-order valence-electron chi connectivity index (χ1n) is 9.31. The Morgan fingerprint density at radius 2 is 1.78 bits per heavy atom. The highest BCUT2D eigenvalue weighted by atomic mass is 16.6. The molecule has 128 valence electrons. The number of anilines is 1. The van der Waals surface area contributed by atoms with Crippen LogP contribution in [-0.4, -0.2) is 18.7 Å². The molecule has 1 aromatic carbocycles. The molecule has 1 aliphatic heterocycles. The monoisotopic (exact) mass is 317 g/mol. The molecule has 1 aliphatic rings. The van der Waals surface area contributed by atoms with Crippen LogP contribution in [0, 0.1) is 0 Å². The largest absolute Gasteiger partial charge is 0.446 e. The lowest BCUT2D eigenvalue weighted by Crippen LogP contribution is -2.42. The fourth-order valence-corrected chi connectivity index (χ4v) is 3.09. The first-order valence-corrected chi connectivity index (χ1v) is 9.31. The Kier molecular flexibility index (Phi) is 7.44. The van der Waals surface area contributed by atoms with Gasteiger partial charge in [0, 0.05) is 18.7 Å². The Morgan fingerprint density at radius 3 is 2.43 bits per heavy atom. The average Bonchev–Trinajstić information content (AvgIpc) is 2.58. The SMILES string of the molecule is CCCCCCC1CCN(c2ccc(CCCC)cc2)C(=O)O1. The molecule has 1 amide bonds. The summed E-state index contributed by atoms with van der Waals surface area (Å²) >= 11 is 0. The van der Waals surface area contributed by atoms with Crippen LogP contribution in [0.3, 0.4) is 0 Å². The van der Waals surface area contributed by atoms with Crippen LogP contribution >= 0.6 is 0 Å². The van der Waals surface area contributed by atoms with Crippen molar-refractivity contribution in [2.24, 2.45) is 0 Å². The quantitative estimate of drug-likeness (QED) is 0.545. The molecule has 0 bridgehead atoms. The molecule has 1 unspecified atom stereocenters. The number of hydrogen-bond donors (Lipinski definition) is 0. The van der Waals surface area contributed by atoms with Crippen molar-refractivity contribution < 1.29 is 9.53 Å². The van der Waals surface area contributed by atoms with Crippen LogP contribution in [0.2, 0.25) is 0 Å². The molecular weight excluding hydrogens is 286 g/mol. The molecule has 0 saturated carbocycles. The molecule has 0 spiro atoms. The third-order valence-corrected chi connectivity index (χ3v) is 4.61. The number of cyclic esters (lactones) is 1. The smallest absolute Gasteiger partial charge is 0.414 e. The molecule has 1 atom stereocenters. The van der Waals surface area contributed by atoms with Gasteiger partial charge in [-0.2, -0.15) is 0 Å². The number of benzene rings is 1. The summed E-state index contributed by atoms with van der Waals surface area (Å²) in [6, 6.07) is 8.37. The highest BCUT2D eigenvalue weighted by molar-refractivity contribution is 5.88. The minimum absolute atomic E-state index is 0.111. The van der Waals surface area contributed by atoms with Crippen LogP contribution in [0.5, 0.6) is 0 Å². The van der Waals surface area contributed by atoms with Gasteiger partial charge in [-0.25, -0.2) is 4.79 Å². The van der Waals surface area contributed by atoms with E-state index in [9.17, 15) is 4.79 Å². The zero-order valence-corrected chi connectivity index (χ0v) is 14.7. The second-order valence-corrected chi connectivity index (χ2v) is 6.57. The summed E-state index contributed by atoms with van der Waals surface area (Å²) in [5, 5.41) is 0. The molecule has 3 nitrogen and oxygen atoms in total. The van der Waals surface area contributed by atoms with E-state index in [0.29, 0.717) is 0 Å². The van der Waals surface area contributed by atoms with Gasteiger partial charge in [0.2, 0.25) is 0 Å². The number of carbonyl (C=O) groups is 1. The predicted octanol–water partition coefficient (Wildman–Crippen LogP) is 5.71. The molecule has 1 aromatic rings. The van der Waals surface area contributed by atoms with Crippen LogP contribution < -0.4 is 4.90 Å². The molecule has 1 heterocycles. The number of aryl methyl sites for hydroxylation is 1. The number of nitrogens with zero attached hydrogens (tertiary/aromatic N) is 1. The maximum absolute atomic E-state index is 12.3. The van der Waals surface area contributed by atoms with E-state index < -0.39 is 0 Å². The van der Waals surface area contributed by atoms with Gasteiger partial charge < -0.3 is 4.74 Å². The summed E-state index contributed by atoms with van der Waals surface area (Å²) in [6.45, 7) is 5.19. The van der Waals surface area contributed by atoms with Crippen molar-refractivity contribution in [1.29, 1.82) is 0 Å². The van der Waals surface area contributed by atoms with Gasteiger partial charge in [0.25, 0.3) is 0 Å². The molecule has 0 N–H and O–H groups in total. The number of rotatable bonds is 9. The van der Waals surface area contributed by atoms with E-state index in [1.54, 1.807) is 4.90 Å². The van der Waals surface area contributed by atoms with Crippen LogP contribution in [0.1, 0.15) is 70.8 Å². The molecule has 23 heavy (non-hydrogen) atoms. The van der Waals surface area contributed by atoms with Gasteiger partial charge in [0.1, 0.15) is 6.10 Å². The lowest BCUT2D eigenvalue weighted by molar-refractivity contribution is 0.0776. The van der Waals surface area contributed by atoms with E-state index in [1.807, 2.05) is 12.1 Å². The number of amides is 1. The van der Waals surface area contributed by atoms with Crippen molar-refractivity contribution >= 4 is 11.8 Å². The zero-order valence-electron chi connectivity index (χ0n) is 14.7. The molecule has 1 fully saturated rings. The molecule has 2 rings (SSSR count). The van der Waals surface area contributed by atoms with E-state index in [2.05, 4.69) is 26.0 Å². The second-order valence-electron chi connectivity index (χ2n) is 6.57. The highest BCUT2D eigenvalue weighted by Gasteiger charge is 2.27. The van der Waals surface area contributed by atoms with E-state index in [-0.39, 0.29) is 12.2 Å². The number of unbranched alkanes of at least 4 members (excludes halogenated alkanes) is 4. The van der Waals surface area contributed by atoms with Crippen molar-refractivity contribution in [3.63, 3.8) is 0 Å². The van der Waals surface area contributed by atoms with E-state index in [1.165, 1.54) is 37.7 Å². The predicted molar refractivity (Wildman–Crippen MR) is 96.0 cm³/mol. The van der Waals surface area contributed by atoms with Crippen molar-refractivity contribution in [1.82, 2.24) is 0 Å². The molecule has 0 aromatic heterocycles. The summed E-state index contributed by atoms with van der Waals surface area (Å²) in [6.07, 6.45) is 10.3. The van der Waals surface area contributed by atoms with Gasteiger partial charge in [-0.05, 0) is 43.4 Å². The average molecular weight is 317 g/mol. The topological polar surface area (TPSA) is 29.5 Å². The van der Waals surface area contributed by atoms with Gasteiger partial charge in [0.15, 0.2) is 0 Å². The summed E-state index contributed by atoms with van der Waals surface area (Å²) in [5.41, 5.74) is 2.30. The Hall–Kier alpha value is -1.51. The van der Waals surface area contributed by atoms with Crippen molar-refractivity contribution in [3.8, 4) is 0 Å². The third kappa shape index (κ3) is 5.56. The molecule has 0 aliphatic carbocycles. The Morgan fingerprint density at radius 1 is 1.04 bits per heavy atom. The Labute approximate surface area is 141 Å². The summed E-state index contributed by atoms with van der Waals surface area (Å²) in [7, 11) is 0. The maximum atomic E-state index is 12.3. The normalized spacial score (nSPS) is 18.1. The molecule has 3 heteroatoms. The molecule has 1 saturated heterocycles. The second kappa shape index (κ2) is 9.59. The standard InChI is InChI=1S/C20H31NO2/c1-3-5-7-8-10-19-15-16-21(20(22)23-19)18-13-11-17(12-14-18)9-6-4-2/h11-14,19H,3-10,15-16H2,1-2H3. The number of hydrogen-bond acceptors (Lipinski definition) is 2. The summed E-state index contributed by atoms with van der Waals surface area (Å²) in [4.78, 5) is 14.0. The Bertz CT molecular complexity index is 469. The van der Waals surface area contributed by atoms with Gasteiger partial charge in [0.05, 0.1) is 0 Å². The van der Waals surface area contributed by atoms with Gasteiger partial charge in [-0.1, -0.05) is 51.7 Å².